The van der Waals surface area contributed by atoms with Crippen molar-refractivity contribution >= 4 is 17.5 Å². The number of fused-ring (bicyclic) bond motifs is 1. The van der Waals surface area contributed by atoms with E-state index in [1.54, 1.807) is 12.1 Å². The van der Waals surface area contributed by atoms with Crippen LogP contribution in [0.2, 0.25) is 0 Å². The number of ether oxygens (including phenoxy) is 2. The van der Waals surface area contributed by atoms with Gasteiger partial charge in [-0.15, -0.1) is 0 Å². The molecule has 0 saturated carbocycles. The smallest absolute Gasteiger partial charge is 0.308 e. The Hall–Kier alpha value is -2.69. The Morgan fingerprint density at radius 1 is 1.13 bits per heavy atom. The summed E-state index contributed by atoms with van der Waals surface area (Å²) in [5.74, 6) is -1.22. The molecule has 1 aromatic rings. The number of ketones is 2. The van der Waals surface area contributed by atoms with Gasteiger partial charge in [-0.2, -0.15) is 0 Å². The number of Topliss-reactive ketones (excluding diaryl/α,β-unsaturated/α-hetero) is 2. The topological polar surface area (TPSA) is 69.7 Å². The summed E-state index contributed by atoms with van der Waals surface area (Å²) in [6.45, 7) is 5.06. The van der Waals surface area contributed by atoms with E-state index in [1.165, 1.54) is 20.1 Å². The van der Waals surface area contributed by atoms with Crippen LogP contribution in [0.1, 0.15) is 47.9 Å². The van der Waals surface area contributed by atoms with Crippen LogP contribution in [0.5, 0.6) is 5.75 Å². The first kappa shape index (κ1) is 16.7. The van der Waals surface area contributed by atoms with E-state index in [4.69, 9.17) is 9.47 Å². The summed E-state index contributed by atoms with van der Waals surface area (Å²) in [6, 6.07) is 4.62. The quantitative estimate of drug-likeness (QED) is 0.485. The maximum absolute atomic E-state index is 12.7. The molecule has 1 aliphatic rings. The lowest BCUT2D eigenvalue weighted by Gasteiger charge is -2.21. The van der Waals surface area contributed by atoms with Gasteiger partial charge in [0, 0.05) is 18.1 Å². The molecule has 0 heterocycles. The largest absolute Gasteiger partial charge is 0.492 e. The minimum atomic E-state index is -0.558. The van der Waals surface area contributed by atoms with Crippen LogP contribution in [-0.4, -0.2) is 24.6 Å². The fourth-order valence-corrected chi connectivity index (χ4v) is 2.42. The van der Waals surface area contributed by atoms with Crippen molar-refractivity contribution in [3.05, 3.63) is 52.3 Å². The minimum absolute atomic E-state index is 0.000368. The second-order valence-corrected chi connectivity index (χ2v) is 5.43. The van der Waals surface area contributed by atoms with Gasteiger partial charge in [0.05, 0.1) is 12.7 Å². The lowest BCUT2D eigenvalue weighted by atomic mass is 9.86. The zero-order valence-electron chi connectivity index (χ0n) is 13.6. The van der Waals surface area contributed by atoms with Crippen LogP contribution in [0.4, 0.5) is 0 Å². The highest BCUT2D eigenvalue weighted by Gasteiger charge is 2.35. The Morgan fingerprint density at radius 3 is 2.39 bits per heavy atom. The molecular weight excluding hydrogens is 296 g/mol. The fourth-order valence-electron chi connectivity index (χ4n) is 2.42. The Bertz CT molecular complexity index is 749. The summed E-state index contributed by atoms with van der Waals surface area (Å²) in [5.41, 5.74) is 1.65. The number of carbonyl (C=O) groups excluding carboxylic acids is 3. The molecule has 0 unspecified atom stereocenters. The Morgan fingerprint density at radius 2 is 1.83 bits per heavy atom. The van der Waals surface area contributed by atoms with Gasteiger partial charge in [-0.1, -0.05) is 23.8 Å². The van der Waals surface area contributed by atoms with E-state index in [0.29, 0.717) is 12.0 Å². The van der Waals surface area contributed by atoms with Crippen molar-refractivity contribution in [1.82, 2.24) is 0 Å². The highest BCUT2D eigenvalue weighted by molar-refractivity contribution is 6.27. The summed E-state index contributed by atoms with van der Waals surface area (Å²) < 4.78 is 10.2. The van der Waals surface area contributed by atoms with Crippen LogP contribution in [0, 0.1) is 0 Å². The molecule has 0 N–H and O–H groups in total. The monoisotopic (exact) mass is 314 g/mol. The number of rotatable bonds is 4. The zero-order chi connectivity index (χ0) is 17.1. The molecule has 0 aromatic heterocycles. The molecule has 0 aliphatic heterocycles. The number of esters is 1. The van der Waals surface area contributed by atoms with E-state index < -0.39 is 11.8 Å². The third kappa shape index (κ3) is 3.23. The average Bonchev–Trinajstić information content (AvgIpc) is 2.48. The van der Waals surface area contributed by atoms with Gasteiger partial charge in [-0.3, -0.25) is 14.4 Å². The summed E-state index contributed by atoms with van der Waals surface area (Å²) >= 11 is 0. The molecule has 23 heavy (non-hydrogen) atoms. The van der Waals surface area contributed by atoms with Crippen molar-refractivity contribution < 1.29 is 23.9 Å². The van der Waals surface area contributed by atoms with Gasteiger partial charge in [0.15, 0.2) is 11.5 Å². The van der Waals surface area contributed by atoms with Crippen molar-refractivity contribution in [2.45, 2.75) is 27.2 Å². The Labute approximate surface area is 134 Å². The second kappa shape index (κ2) is 6.60. The zero-order valence-corrected chi connectivity index (χ0v) is 13.6. The molecule has 5 nitrogen and oxygen atoms in total. The van der Waals surface area contributed by atoms with Crippen LogP contribution >= 0.6 is 0 Å². The van der Waals surface area contributed by atoms with Crippen LogP contribution in [0.15, 0.2) is 41.2 Å². The third-order valence-electron chi connectivity index (χ3n) is 3.42. The molecule has 120 valence electrons. The molecular formula is C18H18O5. The van der Waals surface area contributed by atoms with E-state index in [-0.39, 0.29) is 28.4 Å². The summed E-state index contributed by atoms with van der Waals surface area (Å²) in [4.78, 5) is 36.6. The highest BCUT2D eigenvalue weighted by Crippen LogP contribution is 2.34. The number of carbonyl (C=O) groups is 3. The average molecular weight is 314 g/mol. The molecule has 1 aromatic carbocycles. The molecule has 0 fully saturated rings. The predicted octanol–water partition coefficient (Wildman–Crippen LogP) is 3.25. The third-order valence-corrected chi connectivity index (χ3v) is 3.42. The van der Waals surface area contributed by atoms with Crippen molar-refractivity contribution in [2.75, 3.05) is 7.11 Å². The molecule has 0 atom stereocenters. The van der Waals surface area contributed by atoms with Gasteiger partial charge < -0.3 is 9.47 Å². The van der Waals surface area contributed by atoms with Gasteiger partial charge >= 0.3 is 5.97 Å². The van der Waals surface area contributed by atoms with Crippen molar-refractivity contribution in [1.29, 1.82) is 0 Å². The molecule has 0 bridgehead atoms. The van der Waals surface area contributed by atoms with Gasteiger partial charge in [-0.05, 0) is 26.3 Å². The summed E-state index contributed by atoms with van der Waals surface area (Å²) in [6.07, 6.45) is 2.17. The van der Waals surface area contributed by atoms with Crippen molar-refractivity contribution in [3.8, 4) is 5.75 Å². The molecule has 5 heteroatoms. The minimum Gasteiger partial charge on any atom is -0.492 e. The number of hydrogen-bond donors (Lipinski definition) is 0. The summed E-state index contributed by atoms with van der Waals surface area (Å²) in [5, 5.41) is 0. The molecule has 2 rings (SSSR count). The van der Waals surface area contributed by atoms with Crippen LogP contribution in [0.25, 0.3) is 0 Å². The van der Waals surface area contributed by atoms with Crippen LogP contribution < -0.4 is 4.74 Å². The lowest BCUT2D eigenvalue weighted by Crippen LogP contribution is -2.24. The second-order valence-electron chi connectivity index (χ2n) is 5.43. The van der Waals surface area contributed by atoms with Gasteiger partial charge in [0.2, 0.25) is 5.78 Å². The molecule has 0 spiro atoms. The van der Waals surface area contributed by atoms with Crippen molar-refractivity contribution in [3.63, 3.8) is 0 Å². The van der Waals surface area contributed by atoms with E-state index in [2.05, 4.69) is 0 Å². The number of hydrogen-bond acceptors (Lipinski definition) is 5. The van der Waals surface area contributed by atoms with E-state index >= 15 is 0 Å². The fraction of sp³-hybridized carbons (Fsp3) is 0.278. The van der Waals surface area contributed by atoms with Gasteiger partial charge in [0.1, 0.15) is 5.75 Å². The number of methoxy groups -OCH3 is 1. The lowest BCUT2D eigenvalue weighted by molar-refractivity contribution is -0.131. The van der Waals surface area contributed by atoms with E-state index in [9.17, 15) is 14.4 Å². The predicted molar refractivity (Wildman–Crippen MR) is 84.5 cm³/mol. The molecule has 0 amide bonds. The van der Waals surface area contributed by atoms with Crippen LogP contribution in [0.3, 0.4) is 0 Å². The Balaban J connectivity index is 2.60. The maximum atomic E-state index is 12.7. The first-order valence-electron chi connectivity index (χ1n) is 7.18. The summed E-state index contributed by atoms with van der Waals surface area (Å²) in [7, 11) is 1.35. The molecule has 0 radical (unpaired) electrons. The molecule has 0 saturated heterocycles. The van der Waals surface area contributed by atoms with Gasteiger partial charge in [0.25, 0.3) is 0 Å². The van der Waals surface area contributed by atoms with E-state index in [0.717, 1.165) is 5.57 Å². The normalized spacial score (nSPS) is 13.6. The number of allylic oxidation sites excluding steroid dienone is 4. The van der Waals surface area contributed by atoms with Crippen LogP contribution in [-0.2, 0) is 9.53 Å². The van der Waals surface area contributed by atoms with Gasteiger partial charge in [-0.25, -0.2) is 0 Å². The molecule has 1 aliphatic carbocycles. The highest BCUT2D eigenvalue weighted by atomic mass is 16.5. The maximum Gasteiger partial charge on any atom is 0.308 e. The first-order valence-corrected chi connectivity index (χ1v) is 7.18. The number of benzene rings is 1. The standard InChI is InChI=1S/C18H18O5/c1-10(2)8-9-13-16(20)12-6-5-7-14(23-11(3)19)15(12)17(21)18(13)22-4/h5-8H,9H2,1-4H3. The Kier molecular flexibility index (Phi) is 4.79. The SMILES string of the molecule is COC1=C(CC=C(C)C)C(=O)c2cccc(OC(C)=O)c2C1=O. The van der Waals surface area contributed by atoms with E-state index in [1.807, 2.05) is 19.9 Å². The first-order chi connectivity index (χ1) is 10.9. The van der Waals surface area contributed by atoms with Crippen molar-refractivity contribution in [2.24, 2.45) is 0 Å².